The molecular weight excluding hydrogens is 256 g/mol. The van der Waals surface area contributed by atoms with E-state index in [9.17, 15) is 0 Å². The number of nitrogens with zero attached hydrogens (tertiary/aromatic N) is 2. The van der Waals surface area contributed by atoms with Crippen LogP contribution in [0, 0.1) is 5.41 Å². The van der Waals surface area contributed by atoms with Crippen molar-refractivity contribution in [3.63, 3.8) is 0 Å². The summed E-state index contributed by atoms with van der Waals surface area (Å²) in [4.78, 5) is 2.41. The maximum absolute atomic E-state index is 8.72. The van der Waals surface area contributed by atoms with Crippen LogP contribution in [0.15, 0.2) is 5.16 Å². The molecule has 0 radical (unpaired) electrons. The van der Waals surface area contributed by atoms with E-state index >= 15 is 0 Å². The van der Waals surface area contributed by atoms with E-state index < -0.39 is 0 Å². The molecule has 0 aromatic heterocycles. The van der Waals surface area contributed by atoms with Crippen LogP contribution in [0.4, 0.5) is 0 Å². The van der Waals surface area contributed by atoms with Crippen molar-refractivity contribution in [2.75, 3.05) is 39.3 Å². The van der Waals surface area contributed by atoms with Crippen molar-refractivity contribution in [3.05, 3.63) is 0 Å². The Hall–Kier alpha value is -0.850. The van der Waals surface area contributed by atoms with Gasteiger partial charge in [0, 0.05) is 25.0 Å². The Kier molecular flexibility index (Phi) is 7.26. The lowest BCUT2D eigenvalue weighted by Gasteiger charge is -2.32. The number of nitrogens with two attached hydrogens (primary N) is 1. The van der Waals surface area contributed by atoms with Crippen LogP contribution in [0.5, 0.6) is 0 Å². The fraction of sp³-hybridized carbons (Fsp3) is 0.929. The molecule has 1 fully saturated rings. The number of oxime groups is 1. The summed E-state index contributed by atoms with van der Waals surface area (Å²) >= 11 is 0. The highest BCUT2D eigenvalue weighted by atomic mass is 16.5. The minimum atomic E-state index is -0.253. The molecule has 0 saturated carbocycles. The van der Waals surface area contributed by atoms with Crippen LogP contribution in [0.3, 0.4) is 0 Å². The van der Waals surface area contributed by atoms with Crippen LogP contribution in [0.25, 0.3) is 0 Å². The molecule has 6 heteroatoms. The van der Waals surface area contributed by atoms with Crippen molar-refractivity contribution in [1.29, 1.82) is 0 Å². The van der Waals surface area contributed by atoms with Crippen LogP contribution in [-0.4, -0.2) is 61.4 Å². The molecule has 1 atom stereocenters. The first-order valence-electron chi connectivity index (χ1n) is 7.52. The summed E-state index contributed by atoms with van der Waals surface area (Å²) in [5.74, 6) is 0.298. The minimum absolute atomic E-state index is 0.253. The van der Waals surface area contributed by atoms with Gasteiger partial charge in [-0.15, -0.1) is 0 Å². The molecule has 0 aromatic rings. The third-order valence-corrected chi connectivity index (χ3v) is 4.00. The highest BCUT2D eigenvalue weighted by Gasteiger charge is 2.23. The average Bonchev–Trinajstić information content (AvgIpc) is 2.46. The quantitative estimate of drug-likeness (QED) is 0.203. The zero-order valence-electron chi connectivity index (χ0n) is 13.1. The average molecular weight is 286 g/mol. The SMILES string of the molecule is CCN1CCOC(CNCCCC(C)(C)C(N)=NO)C1. The Morgan fingerprint density at radius 1 is 1.55 bits per heavy atom. The molecule has 118 valence electrons. The van der Waals surface area contributed by atoms with E-state index in [2.05, 4.69) is 22.3 Å². The van der Waals surface area contributed by atoms with Gasteiger partial charge in [0.1, 0.15) is 5.84 Å². The number of hydrogen-bond donors (Lipinski definition) is 3. The summed E-state index contributed by atoms with van der Waals surface area (Å²) in [6, 6.07) is 0. The number of nitrogens with one attached hydrogen (secondary N) is 1. The van der Waals surface area contributed by atoms with Gasteiger partial charge in [-0.05, 0) is 25.9 Å². The van der Waals surface area contributed by atoms with Crippen LogP contribution >= 0.6 is 0 Å². The molecular formula is C14H30N4O2. The summed E-state index contributed by atoms with van der Waals surface area (Å²) in [5, 5.41) is 15.3. The minimum Gasteiger partial charge on any atom is -0.409 e. The second-order valence-electron chi connectivity index (χ2n) is 6.06. The first kappa shape index (κ1) is 17.2. The molecule has 4 N–H and O–H groups in total. The Labute approximate surface area is 122 Å². The van der Waals surface area contributed by atoms with Gasteiger partial charge < -0.3 is 21.0 Å². The van der Waals surface area contributed by atoms with Gasteiger partial charge in [-0.25, -0.2) is 0 Å². The Morgan fingerprint density at radius 3 is 2.95 bits per heavy atom. The Bertz CT molecular complexity index is 308. The standard InChI is InChI=1S/C14H30N4O2/c1-4-18-8-9-20-12(11-18)10-16-7-5-6-14(2,3)13(15)17-19/h12,16,19H,4-11H2,1-3H3,(H2,15,17). The van der Waals surface area contributed by atoms with Gasteiger partial charge in [-0.2, -0.15) is 0 Å². The molecule has 1 aliphatic rings. The van der Waals surface area contributed by atoms with Crippen LogP contribution in [-0.2, 0) is 4.74 Å². The second-order valence-corrected chi connectivity index (χ2v) is 6.06. The van der Waals surface area contributed by atoms with Crippen LogP contribution < -0.4 is 11.1 Å². The topological polar surface area (TPSA) is 83.1 Å². The van der Waals surface area contributed by atoms with Gasteiger partial charge in [-0.3, -0.25) is 4.90 Å². The van der Waals surface area contributed by atoms with Crippen molar-refractivity contribution in [3.8, 4) is 0 Å². The third kappa shape index (κ3) is 5.64. The van der Waals surface area contributed by atoms with E-state index in [1.165, 1.54) is 0 Å². The molecule has 1 heterocycles. The molecule has 1 rings (SSSR count). The fourth-order valence-corrected chi connectivity index (χ4v) is 2.37. The van der Waals surface area contributed by atoms with E-state index in [4.69, 9.17) is 15.7 Å². The smallest absolute Gasteiger partial charge is 0.144 e. The lowest BCUT2D eigenvalue weighted by Crippen LogP contribution is -2.46. The Balaban J connectivity index is 2.13. The zero-order valence-corrected chi connectivity index (χ0v) is 13.1. The van der Waals surface area contributed by atoms with E-state index in [-0.39, 0.29) is 5.41 Å². The van der Waals surface area contributed by atoms with Gasteiger partial charge in [-0.1, -0.05) is 25.9 Å². The van der Waals surface area contributed by atoms with E-state index in [0.29, 0.717) is 11.9 Å². The molecule has 0 aromatic carbocycles. The van der Waals surface area contributed by atoms with Gasteiger partial charge in [0.05, 0.1) is 12.7 Å². The van der Waals surface area contributed by atoms with E-state index in [1.807, 2.05) is 13.8 Å². The molecule has 0 bridgehead atoms. The van der Waals surface area contributed by atoms with E-state index in [0.717, 1.165) is 52.2 Å². The Morgan fingerprint density at radius 2 is 2.30 bits per heavy atom. The van der Waals surface area contributed by atoms with Gasteiger partial charge in [0.15, 0.2) is 0 Å². The van der Waals surface area contributed by atoms with Crippen LogP contribution in [0.2, 0.25) is 0 Å². The van der Waals surface area contributed by atoms with Crippen molar-refractivity contribution in [2.24, 2.45) is 16.3 Å². The number of ether oxygens (including phenoxy) is 1. The molecule has 20 heavy (non-hydrogen) atoms. The molecule has 1 aliphatic heterocycles. The summed E-state index contributed by atoms with van der Waals surface area (Å²) in [5.41, 5.74) is 5.41. The third-order valence-electron chi connectivity index (χ3n) is 4.00. The molecule has 0 amide bonds. The largest absolute Gasteiger partial charge is 0.409 e. The lowest BCUT2D eigenvalue weighted by molar-refractivity contribution is -0.0252. The first-order valence-corrected chi connectivity index (χ1v) is 7.52. The van der Waals surface area contributed by atoms with Crippen molar-refractivity contribution in [2.45, 2.75) is 39.7 Å². The molecule has 1 saturated heterocycles. The molecule has 6 nitrogen and oxygen atoms in total. The highest BCUT2D eigenvalue weighted by Crippen LogP contribution is 2.21. The fourth-order valence-electron chi connectivity index (χ4n) is 2.37. The predicted molar refractivity (Wildman–Crippen MR) is 81.1 cm³/mol. The maximum atomic E-state index is 8.72. The van der Waals surface area contributed by atoms with Crippen LogP contribution in [0.1, 0.15) is 33.6 Å². The first-order chi connectivity index (χ1) is 9.49. The summed E-state index contributed by atoms with van der Waals surface area (Å²) in [7, 11) is 0. The molecule has 0 spiro atoms. The molecule has 1 unspecified atom stereocenters. The molecule has 0 aliphatic carbocycles. The van der Waals surface area contributed by atoms with Crippen molar-refractivity contribution >= 4 is 5.84 Å². The monoisotopic (exact) mass is 286 g/mol. The van der Waals surface area contributed by atoms with Gasteiger partial charge in [0.25, 0.3) is 0 Å². The number of hydrogen-bond acceptors (Lipinski definition) is 5. The lowest BCUT2D eigenvalue weighted by atomic mass is 9.86. The zero-order chi connectivity index (χ0) is 15.0. The van der Waals surface area contributed by atoms with Crippen molar-refractivity contribution < 1.29 is 9.94 Å². The second kappa shape index (κ2) is 8.44. The number of likely N-dealkylation sites (N-methyl/N-ethyl adjacent to an activating group) is 1. The van der Waals surface area contributed by atoms with Gasteiger partial charge >= 0.3 is 0 Å². The summed E-state index contributed by atoms with van der Waals surface area (Å²) in [6.07, 6.45) is 2.18. The van der Waals surface area contributed by atoms with Gasteiger partial charge in [0.2, 0.25) is 0 Å². The number of amidine groups is 1. The highest BCUT2D eigenvalue weighted by molar-refractivity contribution is 5.85. The number of morpholine rings is 1. The van der Waals surface area contributed by atoms with E-state index in [1.54, 1.807) is 0 Å². The number of rotatable bonds is 8. The normalized spacial score (nSPS) is 22.1. The summed E-state index contributed by atoms with van der Waals surface area (Å²) < 4.78 is 5.74. The van der Waals surface area contributed by atoms with Crippen molar-refractivity contribution in [1.82, 2.24) is 10.2 Å². The predicted octanol–water partition coefficient (Wildman–Crippen LogP) is 0.850. The summed E-state index contributed by atoms with van der Waals surface area (Å²) in [6.45, 7) is 12.0. The maximum Gasteiger partial charge on any atom is 0.144 e.